The van der Waals surface area contributed by atoms with Gasteiger partial charge >= 0.3 is 0 Å². The number of rotatable bonds is 7. The van der Waals surface area contributed by atoms with Gasteiger partial charge in [-0.05, 0) is 55.8 Å². The molecule has 0 saturated heterocycles. The minimum absolute atomic E-state index is 0.0842. The van der Waals surface area contributed by atoms with Crippen molar-refractivity contribution in [1.29, 1.82) is 0 Å². The molecule has 0 spiro atoms. The number of methoxy groups -OCH3 is 2. The van der Waals surface area contributed by atoms with Crippen molar-refractivity contribution in [3.63, 3.8) is 0 Å². The van der Waals surface area contributed by atoms with Crippen LogP contribution in [-0.4, -0.2) is 53.8 Å². The Morgan fingerprint density at radius 3 is 2.58 bits per heavy atom. The Balaban J connectivity index is 1.70. The highest BCUT2D eigenvalue weighted by Crippen LogP contribution is 2.37. The number of carbonyl (C=O) groups is 1. The second kappa shape index (κ2) is 9.29. The molecule has 1 unspecified atom stereocenters. The summed E-state index contributed by atoms with van der Waals surface area (Å²) in [5, 5.41) is 14.3. The van der Waals surface area contributed by atoms with Crippen LogP contribution in [0.3, 0.4) is 0 Å². The number of benzene rings is 2. The van der Waals surface area contributed by atoms with Crippen LogP contribution in [0.15, 0.2) is 36.4 Å². The number of nitrogens with one attached hydrogen (secondary N) is 2. The van der Waals surface area contributed by atoms with Crippen LogP contribution in [0.2, 0.25) is 0 Å². The predicted molar refractivity (Wildman–Crippen MR) is 126 cm³/mol. The number of aromatic nitrogens is 3. The van der Waals surface area contributed by atoms with E-state index in [0.717, 1.165) is 13.0 Å². The van der Waals surface area contributed by atoms with Gasteiger partial charge in [0, 0.05) is 12.6 Å². The molecular weight excluding hydrogens is 422 g/mol. The summed E-state index contributed by atoms with van der Waals surface area (Å²) in [5.74, 6) is 0.854. The fourth-order valence-corrected chi connectivity index (χ4v) is 3.87. The van der Waals surface area contributed by atoms with Crippen molar-refractivity contribution in [1.82, 2.24) is 20.1 Å². The lowest BCUT2D eigenvalue weighted by Gasteiger charge is -2.32. The van der Waals surface area contributed by atoms with Crippen LogP contribution < -0.4 is 25.8 Å². The highest BCUT2D eigenvalue weighted by molar-refractivity contribution is 5.96. The number of ether oxygens (including phenoxy) is 2. The van der Waals surface area contributed by atoms with Gasteiger partial charge in [0.05, 0.1) is 25.6 Å². The van der Waals surface area contributed by atoms with Crippen LogP contribution in [0.4, 0.5) is 23.1 Å². The first-order valence-corrected chi connectivity index (χ1v) is 10.5. The molecule has 2 aromatic carbocycles. The van der Waals surface area contributed by atoms with Crippen molar-refractivity contribution < 1.29 is 14.3 Å². The van der Waals surface area contributed by atoms with Gasteiger partial charge < -0.3 is 25.8 Å². The van der Waals surface area contributed by atoms with Crippen molar-refractivity contribution >= 4 is 29.0 Å². The standard InChI is InChI=1S/C23H27N7O3/c1-13-15-12-17(19(33-4)11-14(15)9-10-30(13)2)26-23-27-22(20(21(24)31)28-29-23)25-16-7-5-6-8-18(16)32-3/h5-8,11-13H,9-10H2,1-4H3,(H2,24,31)(H2,25,26,27,29). The molecule has 33 heavy (non-hydrogen) atoms. The normalized spacial score (nSPS) is 15.5. The topological polar surface area (TPSA) is 128 Å². The van der Waals surface area contributed by atoms with Crippen molar-refractivity contribution in [2.24, 2.45) is 5.73 Å². The summed E-state index contributed by atoms with van der Waals surface area (Å²) in [5.41, 5.74) is 9.19. The summed E-state index contributed by atoms with van der Waals surface area (Å²) in [6, 6.07) is 11.6. The third-order valence-corrected chi connectivity index (χ3v) is 5.83. The van der Waals surface area contributed by atoms with Gasteiger partial charge in [-0.15, -0.1) is 10.2 Å². The van der Waals surface area contributed by atoms with Crippen LogP contribution in [0, 0.1) is 0 Å². The molecule has 0 radical (unpaired) electrons. The number of likely N-dealkylation sites (N-methyl/N-ethyl adjacent to an activating group) is 1. The minimum atomic E-state index is -0.748. The molecule has 1 aliphatic rings. The van der Waals surface area contributed by atoms with Crippen LogP contribution in [0.25, 0.3) is 0 Å². The zero-order valence-corrected chi connectivity index (χ0v) is 19.0. The predicted octanol–water partition coefficient (Wildman–Crippen LogP) is 3.02. The first kappa shape index (κ1) is 22.3. The van der Waals surface area contributed by atoms with Crippen LogP contribution in [0.5, 0.6) is 11.5 Å². The van der Waals surface area contributed by atoms with E-state index in [4.69, 9.17) is 15.2 Å². The second-order valence-electron chi connectivity index (χ2n) is 7.81. The van der Waals surface area contributed by atoms with Gasteiger partial charge in [0.15, 0.2) is 11.5 Å². The molecular formula is C23H27N7O3. The fourth-order valence-electron chi connectivity index (χ4n) is 3.87. The number of amides is 1. The maximum Gasteiger partial charge on any atom is 0.273 e. The average molecular weight is 450 g/mol. The van der Waals surface area contributed by atoms with Crippen molar-refractivity contribution in [2.45, 2.75) is 19.4 Å². The van der Waals surface area contributed by atoms with E-state index in [0.29, 0.717) is 22.9 Å². The number of primary amides is 1. The Hall–Kier alpha value is -3.92. The molecule has 0 bridgehead atoms. The quantitative estimate of drug-likeness (QED) is 0.499. The zero-order valence-electron chi connectivity index (χ0n) is 19.0. The van der Waals surface area contributed by atoms with Crippen molar-refractivity contribution in [3.05, 3.63) is 53.2 Å². The van der Waals surface area contributed by atoms with E-state index in [9.17, 15) is 4.79 Å². The number of anilines is 4. The number of carbonyl (C=O) groups excluding carboxylic acids is 1. The summed E-state index contributed by atoms with van der Waals surface area (Å²) in [4.78, 5) is 18.7. The van der Waals surface area contributed by atoms with E-state index in [-0.39, 0.29) is 23.5 Å². The van der Waals surface area contributed by atoms with Gasteiger partial charge in [0.2, 0.25) is 5.95 Å². The van der Waals surface area contributed by atoms with Gasteiger partial charge in [-0.2, -0.15) is 4.98 Å². The number of nitrogens with zero attached hydrogens (tertiary/aromatic N) is 4. The lowest BCUT2D eigenvalue weighted by molar-refractivity contribution is 0.0995. The summed E-state index contributed by atoms with van der Waals surface area (Å²) in [6.45, 7) is 3.16. The highest BCUT2D eigenvalue weighted by Gasteiger charge is 2.24. The molecule has 0 saturated carbocycles. The molecule has 2 heterocycles. The number of nitrogens with two attached hydrogens (primary N) is 1. The fraction of sp³-hybridized carbons (Fsp3) is 0.304. The Labute approximate surface area is 192 Å². The largest absolute Gasteiger partial charge is 0.495 e. The molecule has 1 aromatic heterocycles. The molecule has 4 rings (SSSR count). The Kier molecular flexibility index (Phi) is 6.27. The maximum absolute atomic E-state index is 11.9. The van der Waals surface area contributed by atoms with E-state index in [1.54, 1.807) is 26.4 Å². The van der Waals surface area contributed by atoms with Crippen LogP contribution >= 0.6 is 0 Å². The molecule has 172 valence electrons. The molecule has 10 nitrogen and oxygen atoms in total. The number of hydrogen-bond donors (Lipinski definition) is 3. The molecule has 10 heteroatoms. The average Bonchev–Trinajstić information content (AvgIpc) is 2.82. The van der Waals surface area contributed by atoms with Gasteiger partial charge in [0.1, 0.15) is 11.5 Å². The molecule has 1 amide bonds. The van der Waals surface area contributed by atoms with E-state index in [1.807, 2.05) is 24.3 Å². The smallest absolute Gasteiger partial charge is 0.273 e. The third-order valence-electron chi connectivity index (χ3n) is 5.83. The molecule has 0 fully saturated rings. The maximum atomic E-state index is 11.9. The number of hydrogen-bond acceptors (Lipinski definition) is 9. The lowest BCUT2D eigenvalue weighted by atomic mass is 9.93. The Bertz CT molecular complexity index is 1180. The molecule has 1 aliphatic heterocycles. The lowest BCUT2D eigenvalue weighted by Crippen LogP contribution is -2.30. The van der Waals surface area contributed by atoms with Crippen LogP contribution in [-0.2, 0) is 6.42 Å². The second-order valence-corrected chi connectivity index (χ2v) is 7.81. The number of para-hydroxylation sites is 2. The molecule has 3 aromatic rings. The monoisotopic (exact) mass is 449 g/mol. The molecule has 4 N–H and O–H groups in total. The van der Waals surface area contributed by atoms with Gasteiger partial charge in [-0.1, -0.05) is 12.1 Å². The highest BCUT2D eigenvalue weighted by atomic mass is 16.5. The van der Waals surface area contributed by atoms with Gasteiger partial charge in [-0.25, -0.2) is 0 Å². The minimum Gasteiger partial charge on any atom is -0.495 e. The van der Waals surface area contributed by atoms with Gasteiger partial charge in [0.25, 0.3) is 5.91 Å². The first-order valence-electron chi connectivity index (χ1n) is 10.5. The third kappa shape index (κ3) is 4.51. The van der Waals surface area contributed by atoms with E-state index >= 15 is 0 Å². The number of fused-ring (bicyclic) bond motifs is 1. The summed E-state index contributed by atoms with van der Waals surface area (Å²) >= 11 is 0. The summed E-state index contributed by atoms with van der Waals surface area (Å²) in [7, 11) is 5.28. The SMILES string of the molecule is COc1cc2c(cc1Nc1nnc(C(N)=O)c(Nc3ccccc3OC)n1)C(C)N(C)CC2. The van der Waals surface area contributed by atoms with Crippen molar-refractivity contribution in [3.8, 4) is 11.5 Å². The zero-order chi connectivity index (χ0) is 23.5. The summed E-state index contributed by atoms with van der Waals surface area (Å²) < 4.78 is 11.0. The van der Waals surface area contributed by atoms with E-state index in [2.05, 4.69) is 44.7 Å². The Morgan fingerprint density at radius 2 is 1.85 bits per heavy atom. The van der Waals surface area contributed by atoms with E-state index < -0.39 is 5.91 Å². The van der Waals surface area contributed by atoms with E-state index in [1.165, 1.54) is 11.1 Å². The van der Waals surface area contributed by atoms with Crippen molar-refractivity contribution in [2.75, 3.05) is 38.4 Å². The summed E-state index contributed by atoms with van der Waals surface area (Å²) in [6.07, 6.45) is 0.950. The first-order chi connectivity index (χ1) is 15.9. The van der Waals surface area contributed by atoms with Crippen LogP contribution in [0.1, 0.15) is 34.6 Å². The Morgan fingerprint density at radius 1 is 1.09 bits per heavy atom. The molecule has 0 aliphatic carbocycles. The van der Waals surface area contributed by atoms with Gasteiger partial charge in [-0.3, -0.25) is 9.69 Å². The molecule has 1 atom stereocenters.